The monoisotopic (exact) mass is 400 g/mol. The molecule has 1 aliphatic rings. The maximum absolute atomic E-state index is 13.6. The van der Waals surface area contributed by atoms with Gasteiger partial charge in [0.1, 0.15) is 0 Å². The van der Waals surface area contributed by atoms with E-state index in [-0.39, 0.29) is 12.2 Å². The first kappa shape index (κ1) is 20.1. The molecular formula is C22H21ClO5. The zero-order chi connectivity index (χ0) is 20.5. The van der Waals surface area contributed by atoms with Gasteiger partial charge < -0.3 is 9.47 Å². The minimum Gasteiger partial charge on any atom is -0.468 e. The molecule has 0 N–H and O–H groups in total. The zero-order valence-corrected chi connectivity index (χ0v) is 16.7. The Balaban J connectivity index is 2.26. The Morgan fingerprint density at radius 1 is 0.929 bits per heavy atom. The van der Waals surface area contributed by atoms with Crippen molar-refractivity contribution in [1.82, 2.24) is 0 Å². The van der Waals surface area contributed by atoms with Crippen LogP contribution in [-0.4, -0.2) is 31.9 Å². The first-order valence-electron chi connectivity index (χ1n) is 8.93. The highest BCUT2D eigenvalue weighted by Crippen LogP contribution is 2.77. The standard InChI is InChI=1S/C22H21ClO5/c1-4-21(18(24)15-8-6-5-7-9-15)17(14-10-12-16(23)13-11-14)22(21,19(25)27-2)20(26)28-3/h5-13,17H,4H2,1-3H3/t17-,21+/m1/s1. The number of halogens is 1. The number of Topliss-reactive ketones (excluding diaryl/α,β-unsaturated/α-hetero) is 1. The molecule has 0 radical (unpaired) electrons. The molecule has 0 spiro atoms. The van der Waals surface area contributed by atoms with Crippen molar-refractivity contribution in [2.45, 2.75) is 19.3 Å². The van der Waals surface area contributed by atoms with Crippen molar-refractivity contribution >= 4 is 29.3 Å². The van der Waals surface area contributed by atoms with Gasteiger partial charge in [0.2, 0.25) is 0 Å². The van der Waals surface area contributed by atoms with Crippen molar-refractivity contribution in [2.75, 3.05) is 14.2 Å². The van der Waals surface area contributed by atoms with E-state index in [0.717, 1.165) is 0 Å². The number of methoxy groups -OCH3 is 2. The molecule has 0 heterocycles. The van der Waals surface area contributed by atoms with E-state index >= 15 is 0 Å². The average Bonchev–Trinajstić information content (AvgIpc) is 3.38. The Hall–Kier alpha value is -2.66. The van der Waals surface area contributed by atoms with Crippen LogP contribution in [0.4, 0.5) is 0 Å². The summed E-state index contributed by atoms with van der Waals surface area (Å²) >= 11 is 6.00. The van der Waals surface area contributed by atoms with Gasteiger partial charge in [0, 0.05) is 16.5 Å². The fourth-order valence-electron chi connectivity index (χ4n) is 4.53. The van der Waals surface area contributed by atoms with Crippen LogP contribution in [0.25, 0.3) is 0 Å². The Labute approximate surface area is 168 Å². The Morgan fingerprint density at radius 2 is 1.46 bits per heavy atom. The van der Waals surface area contributed by atoms with Crippen LogP contribution in [0.5, 0.6) is 0 Å². The largest absolute Gasteiger partial charge is 0.468 e. The lowest BCUT2D eigenvalue weighted by molar-refractivity contribution is -0.163. The summed E-state index contributed by atoms with van der Waals surface area (Å²) in [6.07, 6.45) is 0.262. The van der Waals surface area contributed by atoms with Gasteiger partial charge in [0.25, 0.3) is 0 Å². The van der Waals surface area contributed by atoms with Gasteiger partial charge in [-0.2, -0.15) is 0 Å². The molecule has 0 aliphatic heterocycles. The van der Waals surface area contributed by atoms with Crippen LogP contribution in [-0.2, 0) is 19.1 Å². The third-order valence-electron chi connectivity index (χ3n) is 5.76. The summed E-state index contributed by atoms with van der Waals surface area (Å²) < 4.78 is 10.0. The molecule has 146 valence electrons. The predicted octanol–water partition coefficient (Wildman–Crippen LogP) is 4.05. The summed E-state index contributed by atoms with van der Waals surface area (Å²) in [6, 6.07) is 15.4. The van der Waals surface area contributed by atoms with Crippen LogP contribution in [0.1, 0.15) is 35.2 Å². The van der Waals surface area contributed by atoms with E-state index in [4.69, 9.17) is 21.1 Å². The summed E-state index contributed by atoms with van der Waals surface area (Å²) in [5.41, 5.74) is -1.96. The van der Waals surface area contributed by atoms with Crippen LogP contribution in [0.15, 0.2) is 54.6 Å². The summed E-state index contributed by atoms with van der Waals surface area (Å²) in [5, 5.41) is 0.516. The normalized spacial score (nSPS) is 22.2. The van der Waals surface area contributed by atoms with Crippen molar-refractivity contribution in [2.24, 2.45) is 10.8 Å². The SMILES string of the molecule is CC[C@@]1(C(=O)c2ccccc2)[C@@H](c2ccc(Cl)cc2)C1(C(=O)OC)C(=O)OC. The second-order valence-corrected chi connectivity index (χ2v) is 7.23. The smallest absolute Gasteiger partial charge is 0.324 e. The van der Waals surface area contributed by atoms with Crippen molar-refractivity contribution < 1.29 is 23.9 Å². The number of hydrogen-bond acceptors (Lipinski definition) is 5. The van der Waals surface area contributed by atoms with Gasteiger partial charge in [0.15, 0.2) is 11.2 Å². The van der Waals surface area contributed by atoms with Crippen LogP contribution >= 0.6 is 11.6 Å². The van der Waals surface area contributed by atoms with E-state index in [9.17, 15) is 14.4 Å². The van der Waals surface area contributed by atoms with E-state index in [1.165, 1.54) is 14.2 Å². The van der Waals surface area contributed by atoms with Crippen molar-refractivity contribution in [1.29, 1.82) is 0 Å². The molecule has 1 saturated carbocycles. The highest BCUT2D eigenvalue weighted by Gasteiger charge is 2.88. The van der Waals surface area contributed by atoms with Crippen LogP contribution < -0.4 is 0 Å². The van der Waals surface area contributed by atoms with E-state index in [2.05, 4.69) is 0 Å². The molecule has 1 fully saturated rings. The van der Waals surface area contributed by atoms with Crippen LogP contribution in [0.2, 0.25) is 5.02 Å². The van der Waals surface area contributed by atoms with Gasteiger partial charge in [-0.25, -0.2) is 0 Å². The number of rotatable bonds is 6. The molecule has 0 bridgehead atoms. The van der Waals surface area contributed by atoms with Gasteiger partial charge in [-0.3, -0.25) is 14.4 Å². The maximum Gasteiger partial charge on any atom is 0.324 e. The second kappa shape index (κ2) is 7.40. The van der Waals surface area contributed by atoms with Gasteiger partial charge in [-0.05, 0) is 24.1 Å². The van der Waals surface area contributed by atoms with Gasteiger partial charge in [-0.1, -0.05) is 61.0 Å². The fraction of sp³-hybridized carbons (Fsp3) is 0.318. The quantitative estimate of drug-likeness (QED) is 0.415. The molecule has 2 atom stereocenters. The first-order valence-corrected chi connectivity index (χ1v) is 9.31. The number of carbonyl (C=O) groups is 3. The molecule has 0 saturated heterocycles. The van der Waals surface area contributed by atoms with Crippen molar-refractivity contribution in [3.63, 3.8) is 0 Å². The molecule has 5 nitrogen and oxygen atoms in total. The highest BCUT2D eigenvalue weighted by atomic mass is 35.5. The molecule has 6 heteroatoms. The third-order valence-corrected chi connectivity index (χ3v) is 6.02. The van der Waals surface area contributed by atoms with E-state index in [1.807, 2.05) is 0 Å². The number of carbonyl (C=O) groups excluding carboxylic acids is 3. The topological polar surface area (TPSA) is 69.7 Å². The molecule has 0 amide bonds. The van der Waals surface area contributed by atoms with Crippen LogP contribution in [0.3, 0.4) is 0 Å². The summed E-state index contributed by atoms with van der Waals surface area (Å²) in [6.45, 7) is 1.79. The molecule has 0 aromatic heterocycles. The van der Waals surface area contributed by atoms with Crippen molar-refractivity contribution in [3.05, 3.63) is 70.7 Å². The summed E-state index contributed by atoms with van der Waals surface area (Å²) in [7, 11) is 2.41. The molecule has 2 aromatic rings. The molecule has 0 unspecified atom stereocenters. The number of ketones is 1. The minimum absolute atomic E-state index is 0.262. The zero-order valence-electron chi connectivity index (χ0n) is 15.9. The average molecular weight is 401 g/mol. The Bertz CT molecular complexity index is 890. The summed E-state index contributed by atoms with van der Waals surface area (Å²) in [5.74, 6) is -2.54. The maximum atomic E-state index is 13.6. The number of benzene rings is 2. The Kier molecular flexibility index (Phi) is 5.31. The highest BCUT2D eigenvalue weighted by molar-refractivity contribution is 6.30. The number of esters is 2. The van der Waals surface area contributed by atoms with E-state index in [1.54, 1.807) is 61.5 Å². The predicted molar refractivity (Wildman–Crippen MR) is 104 cm³/mol. The number of hydrogen-bond donors (Lipinski definition) is 0. The van der Waals surface area contributed by atoms with Crippen LogP contribution in [0, 0.1) is 10.8 Å². The second-order valence-electron chi connectivity index (χ2n) is 6.80. The third kappa shape index (κ3) is 2.57. The van der Waals surface area contributed by atoms with Gasteiger partial charge in [-0.15, -0.1) is 0 Å². The first-order chi connectivity index (χ1) is 13.4. The van der Waals surface area contributed by atoms with Gasteiger partial charge >= 0.3 is 11.9 Å². The Morgan fingerprint density at radius 3 is 1.93 bits per heavy atom. The van der Waals surface area contributed by atoms with E-state index < -0.39 is 28.7 Å². The molecular weight excluding hydrogens is 380 g/mol. The molecule has 1 aliphatic carbocycles. The lowest BCUT2D eigenvalue weighted by Crippen LogP contribution is -2.37. The van der Waals surface area contributed by atoms with Gasteiger partial charge in [0.05, 0.1) is 19.6 Å². The lowest BCUT2D eigenvalue weighted by Gasteiger charge is -2.20. The van der Waals surface area contributed by atoms with E-state index in [0.29, 0.717) is 16.1 Å². The lowest BCUT2D eigenvalue weighted by atomic mass is 9.83. The molecule has 3 rings (SSSR count). The van der Waals surface area contributed by atoms with Crippen molar-refractivity contribution in [3.8, 4) is 0 Å². The molecule has 28 heavy (non-hydrogen) atoms. The fourth-order valence-corrected chi connectivity index (χ4v) is 4.66. The molecule has 2 aromatic carbocycles. The number of ether oxygens (including phenoxy) is 2. The summed E-state index contributed by atoms with van der Waals surface area (Å²) in [4.78, 5) is 39.5. The minimum atomic E-state index is -1.74.